The van der Waals surface area contributed by atoms with Gasteiger partial charge in [0.05, 0.1) is 29.1 Å². The number of amides is 5. The van der Waals surface area contributed by atoms with Crippen LogP contribution in [-0.2, 0) is 33.8 Å². The van der Waals surface area contributed by atoms with E-state index in [2.05, 4.69) is 48.9 Å². The molecule has 5 amide bonds. The molecule has 3 unspecified atom stereocenters. The number of nitrogens with one attached hydrogen (secondary N) is 4. The number of aromatic nitrogens is 2. The first-order valence-electron chi connectivity index (χ1n) is 18.8. The van der Waals surface area contributed by atoms with Crippen molar-refractivity contribution in [3.8, 4) is 0 Å². The van der Waals surface area contributed by atoms with Crippen molar-refractivity contribution >= 4 is 59.4 Å². The van der Waals surface area contributed by atoms with Gasteiger partial charge in [-0.2, -0.15) is 0 Å². The summed E-state index contributed by atoms with van der Waals surface area (Å²) in [6, 6.07) is 22.0. The zero-order valence-electron chi connectivity index (χ0n) is 32.8. The smallest absolute Gasteiger partial charge is 0.407 e. The van der Waals surface area contributed by atoms with Crippen molar-refractivity contribution in [2.75, 3.05) is 18.9 Å². The number of carbonyl (C=O) groups excluding carboxylic acids is 4. The van der Waals surface area contributed by atoms with E-state index in [0.29, 0.717) is 37.2 Å². The number of alkyl carbamates (subject to hydrolysis) is 1. The Bertz CT molecular complexity index is 1910. The summed E-state index contributed by atoms with van der Waals surface area (Å²) in [5.41, 5.74) is 5.13. The van der Waals surface area contributed by atoms with E-state index < -0.39 is 36.0 Å². The van der Waals surface area contributed by atoms with Crippen LogP contribution in [0.25, 0.3) is 0 Å². The van der Waals surface area contributed by atoms with Crippen LogP contribution < -0.4 is 21.3 Å². The summed E-state index contributed by atoms with van der Waals surface area (Å²) in [6.07, 6.45) is 4.22. The second kappa shape index (κ2) is 23.5. The van der Waals surface area contributed by atoms with Crippen molar-refractivity contribution in [2.45, 2.75) is 77.6 Å². The summed E-state index contributed by atoms with van der Waals surface area (Å²) in [4.78, 5) is 69.1. The molecule has 0 radical (unpaired) electrons. The fourth-order valence-corrected chi connectivity index (χ4v) is 6.32. The number of thiazole rings is 1. The predicted molar refractivity (Wildman–Crippen MR) is 228 cm³/mol. The summed E-state index contributed by atoms with van der Waals surface area (Å²) in [5.74, 6) is -0.525. The van der Waals surface area contributed by atoms with Crippen LogP contribution in [0.1, 0.15) is 56.0 Å². The Balaban J connectivity index is 1.53. The highest BCUT2D eigenvalue weighted by Crippen LogP contribution is 2.15. The van der Waals surface area contributed by atoms with Gasteiger partial charge in [0.1, 0.15) is 18.5 Å². The van der Waals surface area contributed by atoms with Crippen molar-refractivity contribution in [2.24, 2.45) is 10.9 Å². The number of anilines is 1. The van der Waals surface area contributed by atoms with Crippen molar-refractivity contribution < 1.29 is 23.9 Å². The van der Waals surface area contributed by atoms with Crippen molar-refractivity contribution in [1.82, 2.24) is 30.8 Å². The quantitative estimate of drug-likeness (QED) is 0.0483. The Morgan fingerprint density at radius 3 is 2.09 bits per heavy atom. The molecule has 4 N–H and O–H groups in total. The maximum atomic E-state index is 14.2. The number of rotatable bonds is 20. The molecule has 4 rings (SSSR count). The van der Waals surface area contributed by atoms with E-state index in [-0.39, 0.29) is 31.5 Å². The molecule has 2 heterocycles. The van der Waals surface area contributed by atoms with Gasteiger partial charge >= 0.3 is 12.1 Å². The molecule has 0 spiro atoms. The number of thiol groups is 1. The van der Waals surface area contributed by atoms with Crippen LogP contribution in [0.3, 0.4) is 0 Å². The number of likely N-dealkylation sites (N-methyl/N-ethyl adjacent to an activating group) is 1. The van der Waals surface area contributed by atoms with E-state index in [4.69, 9.17) is 4.74 Å². The third-order valence-electron chi connectivity index (χ3n) is 9.00. The predicted octanol–water partition coefficient (Wildman–Crippen LogP) is 6.81. The third-order valence-corrected chi connectivity index (χ3v) is 10.0. The van der Waals surface area contributed by atoms with Gasteiger partial charge < -0.3 is 30.9 Å². The van der Waals surface area contributed by atoms with E-state index in [9.17, 15) is 19.2 Å². The number of ether oxygens (including phenoxy) is 1. The van der Waals surface area contributed by atoms with Crippen LogP contribution in [0.5, 0.6) is 0 Å². The number of nitrogens with zero attached hydrogens (tertiary/aromatic N) is 4. The molecule has 2 aromatic carbocycles. The Hall–Kier alpha value is -5.54. The van der Waals surface area contributed by atoms with Gasteiger partial charge in [-0.15, -0.1) is 24.0 Å². The van der Waals surface area contributed by atoms with Crippen LogP contribution in [0.4, 0.5) is 15.4 Å². The number of carbonyl (C=O) groups is 4. The summed E-state index contributed by atoms with van der Waals surface area (Å²) in [7, 11) is 1.58. The Morgan fingerprint density at radius 2 is 1.53 bits per heavy atom. The second-order valence-electron chi connectivity index (χ2n) is 13.9. The molecular weight excluding hydrogens is 761 g/mol. The Morgan fingerprint density at radius 1 is 0.895 bits per heavy atom. The van der Waals surface area contributed by atoms with Gasteiger partial charge in [-0.05, 0) is 67.2 Å². The fraction of sp³-hybridized carbons (Fsp3) is 0.357. The molecule has 0 fully saturated rings. The minimum atomic E-state index is -1.24. The van der Waals surface area contributed by atoms with E-state index >= 15 is 0 Å². The average Bonchev–Trinajstić information content (AvgIpc) is 3.73. The summed E-state index contributed by atoms with van der Waals surface area (Å²) in [5, 5.41) is 13.2. The molecule has 15 heteroatoms. The lowest BCUT2D eigenvalue weighted by Crippen LogP contribution is -2.54. The van der Waals surface area contributed by atoms with Crippen molar-refractivity contribution in [3.05, 3.63) is 124 Å². The summed E-state index contributed by atoms with van der Waals surface area (Å²) in [6.45, 7) is 6.18. The van der Waals surface area contributed by atoms with Gasteiger partial charge in [-0.1, -0.05) is 80.6 Å². The van der Waals surface area contributed by atoms with Gasteiger partial charge in [0.25, 0.3) is 0 Å². The number of hydrogen-bond donors (Lipinski definition) is 5. The second-order valence-corrected chi connectivity index (χ2v) is 15.1. The van der Waals surface area contributed by atoms with Gasteiger partial charge in [0.15, 0.2) is 0 Å². The Kier molecular flexibility index (Phi) is 18.2. The molecule has 302 valence electrons. The average molecular weight is 813 g/mol. The van der Waals surface area contributed by atoms with Crippen molar-refractivity contribution in [3.63, 3.8) is 0 Å². The van der Waals surface area contributed by atoms with E-state index in [1.165, 1.54) is 21.6 Å². The highest BCUT2D eigenvalue weighted by Gasteiger charge is 2.28. The molecule has 4 aromatic rings. The minimum Gasteiger partial charge on any atom is -0.444 e. The number of pyridine rings is 1. The lowest BCUT2D eigenvalue weighted by atomic mass is 9.95. The topological polar surface area (TPSA) is 167 Å². The molecule has 2 aromatic heterocycles. The molecular formula is C42H52N8O5S2. The standard InChI is InChI=1S/C42H52N8O5S2/c1-29(2)30(3)45-35(27-56)25-50(4)41(53)48-37(23-39(51)49-38-17-11-12-20-44-38)40(52)46-33(21-31-13-7-5-8-14-31)18-19-34(22-32-15-9-6-10-16-32)47-42(54)55-26-36-24-43-28-57-36/h5-17,20,24,27-29,33-34,37,56H,18-19,21-23,25-26H2,1-4H3,(H,46,52)(H,47,54)(H,48,53)(H,44,49,51)/b35-27-,45-30?. The van der Waals surface area contributed by atoms with E-state index in [1.807, 2.05) is 81.4 Å². The monoisotopic (exact) mass is 812 g/mol. The van der Waals surface area contributed by atoms with Crippen LogP contribution >= 0.6 is 24.0 Å². The molecule has 0 aliphatic heterocycles. The molecule has 0 saturated carbocycles. The molecule has 3 atom stereocenters. The van der Waals surface area contributed by atoms with Crippen LogP contribution in [0.2, 0.25) is 0 Å². The number of aliphatic imine (C=N–C) groups is 1. The molecule has 57 heavy (non-hydrogen) atoms. The van der Waals surface area contributed by atoms with E-state index in [0.717, 1.165) is 21.7 Å². The molecule has 0 aliphatic rings. The van der Waals surface area contributed by atoms with Gasteiger partial charge in [-0.3, -0.25) is 19.6 Å². The molecule has 0 bridgehead atoms. The number of benzene rings is 2. The first kappa shape index (κ1) is 44.2. The largest absolute Gasteiger partial charge is 0.444 e. The minimum absolute atomic E-state index is 0.106. The molecule has 0 saturated heterocycles. The molecule has 0 aliphatic carbocycles. The number of hydrogen-bond acceptors (Lipinski definition) is 10. The summed E-state index contributed by atoms with van der Waals surface area (Å²) >= 11 is 5.70. The lowest BCUT2D eigenvalue weighted by Gasteiger charge is -2.27. The zero-order chi connectivity index (χ0) is 41.0. The van der Waals surface area contributed by atoms with Crippen LogP contribution in [-0.4, -0.2) is 76.2 Å². The fourth-order valence-electron chi connectivity index (χ4n) is 5.67. The summed E-state index contributed by atoms with van der Waals surface area (Å²) < 4.78 is 5.50. The first-order valence-corrected chi connectivity index (χ1v) is 20.2. The highest BCUT2D eigenvalue weighted by molar-refractivity contribution is 7.83. The Labute approximate surface area is 344 Å². The van der Waals surface area contributed by atoms with Crippen LogP contribution in [0, 0.1) is 5.92 Å². The first-order chi connectivity index (χ1) is 27.5. The number of urea groups is 1. The van der Waals surface area contributed by atoms with E-state index in [1.54, 1.807) is 43.2 Å². The van der Waals surface area contributed by atoms with Crippen molar-refractivity contribution in [1.29, 1.82) is 0 Å². The zero-order valence-corrected chi connectivity index (χ0v) is 34.5. The SMILES string of the molecule is CC(=N/C(=C\S)CN(C)C(=O)NC(CC(=O)Nc1ccccn1)C(=O)NC(CCC(Cc1ccccc1)NC(=O)OCc1cncs1)Cc1ccccc1)C(C)C. The van der Waals surface area contributed by atoms with Gasteiger partial charge in [0, 0.05) is 37.2 Å². The normalized spacial score (nSPS) is 13.2. The maximum Gasteiger partial charge on any atom is 0.407 e. The highest BCUT2D eigenvalue weighted by atomic mass is 32.1. The lowest BCUT2D eigenvalue weighted by molar-refractivity contribution is -0.127. The maximum absolute atomic E-state index is 14.2. The van der Waals surface area contributed by atoms with Crippen LogP contribution in [0.15, 0.2) is 113 Å². The third kappa shape index (κ3) is 16.2. The van der Waals surface area contributed by atoms with Gasteiger partial charge in [-0.25, -0.2) is 14.6 Å². The molecule has 13 nitrogen and oxygen atoms in total. The van der Waals surface area contributed by atoms with Gasteiger partial charge in [0.2, 0.25) is 11.8 Å².